The van der Waals surface area contributed by atoms with E-state index < -0.39 is 23.0 Å². The molecule has 0 aromatic heterocycles. The zero-order valence-corrected chi connectivity index (χ0v) is 14.7. The number of carboxylic acid groups (broad SMARTS) is 1. The SMILES string of the molecule is COc1ccc(CN2C[C@@H](O)C[C@@H]2C(=O)O)cc1-c1cccc([N+](=O)[O-])c1. The number of methoxy groups -OCH3 is 1. The number of nitrogens with zero attached hydrogens (tertiary/aromatic N) is 2. The minimum atomic E-state index is -0.959. The van der Waals surface area contributed by atoms with Crippen LogP contribution in [0.5, 0.6) is 5.75 Å². The quantitative estimate of drug-likeness (QED) is 0.591. The Morgan fingerprint density at radius 3 is 2.78 bits per heavy atom. The Balaban J connectivity index is 1.93. The summed E-state index contributed by atoms with van der Waals surface area (Å²) < 4.78 is 5.38. The molecule has 0 amide bonds. The summed E-state index contributed by atoms with van der Waals surface area (Å²) in [5.74, 6) is -0.394. The van der Waals surface area contributed by atoms with Gasteiger partial charge in [-0.1, -0.05) is 18.2 Å². The third kappa shape index (κ3) is 4.07. The van der Waals surface area contributed by atoms with Crippen LogP contribution in [-0.4, -0.2) is 51.8 Å². The van der Waals surface area contributed by atoms with Gasteiger partial charge in [0.1, 0.15) is 11.8 Å². The van der Waals surface area contributed by atoms with Gasteiger partial charge in [-0.2, -0.15) is 0 Å². The molecular weight excluding hydrogens is 352 g/mol. The van der Waals surface area contributed by atoms with Crippen LogP contribution in [0.1, 0.15) is 12.0 Å². The number of hydrogen-bond donors (Lipinski definition) is 2. The van der Waals surface area contributed by atoms with E-state index in [0.29, 0.717) is 23.4 Å². The monoisotopic (exact) mass is 372 g/mol. The number of hydrogen-bond acceptors (Lipinski definition) is 6. The van der Waals surface area contributed by atoms with E-state index in [1.54, 1.807) is 23.1 Å². The molecule has 2 atom stereocenters. The number of likely N-dealkylation sites (tertiary alicyclic amines) is 1. The van der Waals surface area contributed by atoms with Crippen LogP contribution in [0.25, 0.3) is 11.1 Å². The molecule has 142 valence electrons. The van der Waals surface area contributed by atoms with Gasteiger partial charge >= 0.3 is 5.97 Å². The first-order valence-corrected chi connectivity index (χ1v) is 8.45. The second kappa shape index (κ2) is 7.73. The highest BCUT2D eigenvalue weighted by molar-refractivity contribution is 5.74. The molecule has 1 heterocycles. The van der Waals surface area contributed by atoms with E-state index in [4.69, 9.17) is 4.74 Å². The molecule has 0 radical (unpaired) electrons. The zero-order valence-electron chi connectivity index (χ0n) is 14.7. The minimum absolute atomic E-state index is 0.0198. The highest BCUT2D eigenvalue weighted by Crippen LogP contribution is 2.33. The maximum Gasteiger partial charge on any atom is 0.321 e. The van der Waals surface area contributed by atoms with Crippen molar-refractivity contribution in [2.24, 2.45) is 0 Å². The number of ether oxygens (including phenoxy) is 1. The fourth-order valence-corrected chi connectivity index (χ4v) is 3.41. The van der Waals surface area contributed by atoms with Gasteiger partial charge in [-0.25, -0.2) is 0 Å². The molecule has 2 aromatic carbocycles. The van der Waals surface area contributed by atoms with E-state index >= 15 is 0 Å². The summed E-state index contributed by atoms with van der Waals surface area (Å²) in [6, 6.07) is 10.9. The number of non-ortho nitro benzene ring substituents is 1. The molecule has 27 heavy (non-hydrogen) atoms. The number of aliphatic hydroxyl groups is 1. The number of carbonyl (C=O) groups is 1. The van der Waals surface area contributed by atoms with Crippen molar-refractivity contribution in [3.8, 4) is 16.9 Å². The van der Waals surface area contributed by atoms with Crippen LogP contribution in [0.15, 0.2) is 42.5 Å². The zero-order chi connectivity index (χ0) is 19.6. The van der Waals surface area contributed by atoms with Crippen molar-refractivity contribution in [3.63, 3.8) is 0 Å². The molecule has 0 saturated carbocycles. The Morgan fingerprint density at radius 1 is 1.33 bits per heavy atom. The lowest BCUT2D eigenvalue weighted by atomic mass is 10.0. The number of nitro benzene ring substituents is 1. The molecule has 2 N–H and O–H groups in total. The van der Waals surface area contributed by atoms with E-state index in [0.717, 1.165) is 5.56 Å². The van der Waals surface area contributed by atoms with Crippen LogP contribution in [0.2, 0.25) is 0 Å². The third-order valence-corrected chi connectivity index (χ3v) is 4.68. The summed E-state index contributed by atoms with van der Waals surface area (Å²) in [7, 11) is 1.52. The molecular formula is C19H20N2O6. The molecule has 8 heteroatoms. The molecule has 0 spiro atoms. The number of carboxylic acids is 1. The molecule has 0 bridgehead atoms. The largest absolute Gasteiger partial charge is 0.496 e. The third-order valence-electron chi connectivity index (χ3n) is 4.68. The highest BCUT2D eigenvalue weighted by atomic mass is 16.6. The number of benzene rings is 2. The van der Waals surface area contributed by atoms with Gasteiger partial charge in [0, 0.05) is 37.2 Å². The number of aliphatic carboxylic acids is 1. The fourth-order valence-electron chi connectivity index (χ4n) is 3.41. The Morgan fingerprint density at radius 2 is 2.11 bits per heavy atom. The maximum atomic E-state index is 11.4. The summed E-state index contributed by atoms with van der Waals surface area (Å²) in [6.07, 6.45) is -0.468. The Labute approximate surface area is 155 Å². The standard InChI is InChI=1S/C19H20N2O6/c1-27-18-6-5-12(10-20-11-15(22)9-17(20)19(23)24)7-16(18)13-3-2-4-14(8-13)21(25)26/h2-8,15,17,22H,9-11H2,1H3,(H,23,24)/t15-,17+/m0/s1. The summed E-state index contributed by atoms with van der Waals surface area (Å²) in [4.78, 5) is 23.7. The van der Waals surface area contributed by atoms with Gasteiger partial charge < -0.3 is 14.9 Å². The topological polar surface area (TPSA) is 113 Å². The predicted octanol–water partition coefficient (Wildman–Crippen LogP) is 2.29. The summed E-state index contributed by atoms with van der Waals surface area (Å²) in [5, 5.41) is 30.2. The second-order valence-electron chi connectivity index (χ2n) is 6.52. The van der Waals surface area contributed by atoms with Crippen molar-refractivity contribution >= 4 is 11.7 Å². The number of aliphatic hydroxyl groups excluding tert-OH is 1. The van der Waals surface area contributed by atoms with E-state index in [2.05, 4.69) is 0 Å². The van der Waals surface area contributed by atoms with Gasteiger partial charge in [-0.05, 0) is 23.3 Å². The van der Waals surface area contributed by atoms with Gasteiger partial charge in [0.25, 0.3) is 5.69 Å². The molecule has 1 fully saturated rings. The lowest BCUT2D eigenvalue weighted by molar-refractivity contribution is -0.384. The summed E-state index contributed by atoms with van der Waals surface area (Å²) in [6.45, 7) is 0.634. The lowest BCUT2D eigenvalue weighted by Crippen LogP contribution is -2.35. The van der Waals surface area contributed by atoms with Crippen molar-refractivity contribution in [1.82, 2.24) is 4.90 Å². The Kier molecular flexibility index (Phi) is 5.38. The van der Waals surface area contributed by atoms with Crippen molar-refractivity contribution in [2.75, 3.05) is 13.7 Å². The average molecular weight is 372 g/mol. The Bertz CT molecular complexity index is 869. The van der Waals surface area contributed by atoms with Gasteiger partial charge in [0.15, 0.2) is 0 Å². The fraction of sp³-hybridized carbons (Fsp3) is 0.316. The normalized spacial score (nSPS) is 19.8. The van der Waals surface area contributed by atoms with Crippen LogP contribution in [0, 0.1) is 10.1 Å². The lowest BCUT2D eigenvalue weighted by Gasteiger charge is -2.21. The molecule has 0 aliphatic carbocycles. The molecule has 2 aromatic rings. The maximum absolute atomic E-state index is 11.4. The average Bonchev–Trinajstić information content (AvgIpc) is 3.02. The Hall–Kier alpha value is -2.97. The van der Waals surface area contributed by atoms with E-state index in [1.807, 2.05) is 12.1 Å². The first kappa shape index (κ1) is 18.8. The minimum Gasteiger partial charge on any atom is -0.496 e. The molecule has 3 rings (SSSR count). The van der Waals surface area contributed by atoms with E-state index in [9.17, 15) is 25.1 Å². The van der Waals surface area contributed by atoms with Gasteiger partial charge in [-0.15, -0.1) is 0 Å². The number of nitro groups is 1. The van der Waals surface area contributed by atoms with Crippen LogP contribution in [0.4, 0.5) is 5.69 Å². The molecule has 8 nitrogen and oxygen atoms in total. The summed E-state index contributed by atoms with van der Waals surface area (Å²) >= 11 is 0. The van der Waals surface area contributed by atoms with Crippen LogP contribution < -0.4 is 4.74 Å². The molecule has 1 aliphatic rings. The van der Waals surface area contributed by atoms with Crippen molar-refractivity contribution < 1.29 is 24.7 Å². The molecule has 1 aliphatic heterocycles. The number of rotatable bonds is 6. The van der Waals surface area contributed by atoms with Crippen LogP contribution in [-0.2, 0) is 11.3 Å². The van der Waals surface area contributed by atoms with Crippen LogP contribution >= 0.6 is 0 Å². The van der Waals surface area contributed by atoms with Crippen molar-refractivity contribution in [2.45, 2.75) is 25.1 Å². The highest BCUT2D eigenvalue weighted by Gasteiger charge is 2.35. The van der Waals surface area contributed by atoms with Crippen LogP contribution in [0.3, 0.4) is 0 Å². The first-order valence-electron chi connectivity index (χ1n) is 8.45. The smallest absolute Gasteiger partial charge is 0.321 e. The van der Waals surface area contributed by atoms with E-state index in [-0.39, 0.29) is 18.7 Å². The van der Waals surface area contributed by atoms with Crippen molar-refractivity contribution in [3.05, 3.63) is 58.1 Å². The van der Waals surface area contributed by atoms with Gasteiger partial charge in [0.2, 0.25) is 0 Å². The second-order valence-corrected chi connectivity index (χ2v) is 6.52. The summed E-state index contributed by atoms with van der Waals surface area (Å²) in [5.41, 5.74) is 2.13. The first-order chi connectivity index (χ1) is 12.9. The van der Waals surface area contributed by atoms with E-state index in [1.165, 1.54) is 19.2 Å². The molecule has 0 unspecified atom stereocenters. The van der Waals surface area contributed by atoms with Gasteiger partial charge in [-0.3, -0.25) is 19.8 Å². The molecule has 1 saturated heterocycles. The number of β-amino-alcohol motifs (C(OH)–C–C–N with tert-alkyl or cyclic N) is 1. The predicted molar refractivity (Wildman–Crippen MR) is 97.5 cm³/mol. The van der Waals surface area contributed by atoms with Crippen molar-refractivity contribution in [1.29, 1.82) is 0 Å². The van der Waals surface area contributed by atoms with Gasteiger partial charge in [0.05, 0.1) is 18.1 Å².